The molecule has 0 saturated heterocycles. The van der Waals surface area contributed by atoms with Crippen LogP contribution in [0.3, 0.4) is 0 Å². The first-order valence-corrected chi connectivity index (χ1v) is 7.40. The van der Waals surface area contributed by atoms with E-state index in [9.17, 15) is 12.8 Å². The zero-order chi connectivity index (χ0) is 15.6. The number of hydrogen-bond acceptors (Lipinski definition) is 4. The van der Waals surface area contributed by atoms with Gasteiger partial charge in [0.25, 0.3) is 10.0 Å². The van der Waals surface area contributed by atoms with Crippen LogP contribution in [0.15, 0.2) is 41.3 Å². The zero-order valence-corrected chi connectivity index (χ0v) is 11.9. The Hall–Kier alpha value is -2.59. The lowest BCUT2D eigenvalue weighted by atomic mass is 10.1. The quantitative estimate of drug-likeness (QED) is 0.851. The van der Waals surface area contributed by atoms with Crippen molar-refractivity contribution in [1.82, 2.24) is 0 Å². The number of halogens is 1. The van der Waals surface area contributed by atoms with Gasteiger partial charge in [-0.05, 0) is 42.8 Å². The number of sulfonamides is 1. The predicted octanol–water partition coefficient (Wildman–Crippen LogP) is 2.39. The van der Waals surface area contributed by atoms with Crippen LogP contribution in [0.5, 0.6) is 0 Å². The Morgan fingerprint density at radius 1 is 1.24 bits per heavy atom. The van der Waals surface area contributed by atoms with E-state index in [1.54, 1.807) is 19.1 Å². The summed E-state index contributed by atoms with van der Waals surface area (Å²) in [6, 6.07) is 9.60. The first-order valence-electron chi connectivity index (χ1n) is 5.91. The van der Waals surface area contributed by atoms with Crippen molar-refractivity contribution in [3.05, 3.63) is 53.3 Å². The van der Waals surface area contributed by atoms with Gasteiger partial charge in [-0.25, -0.2) is 12.8 Å². The van der Waals surface area contributed by atoms with Crippen LogP contribution in [0.4, 0.5) is 15.8 Å². The third kappa shape index (κ3) is 3.30. The van der Waals surface area contributed by atoms with Crippen LogP contribution < -0.4 is 10.5 Å². The number of hydrogen-bond donors (Lipinski definition) is 2. The fourth-order valence-corrected chi connectivity index (χ4v) is 2.93. The van der Waals surface area contributed by atoms with Gasteiger partial charge in [0.05, 0.1) is 22.2 Å². The van der Waals surface area contributed by atoms with Gasteiger partial charge in [0.15, 0.2) is 0 Å². The molecule has 21 heavy (non-hydrogen) atoms. The van der Waals surface area contributed by atoms with Gasteiger partial charge in [-0.2, -0.15) is 5.26 Å². The van der Waals surface area contributed by atoms with Gasteiger partial charge in [0.2, 0.25) is 0 Å². The van der Waals surface area contributed by atoms with Crippen molar-refractivity contribution in [2.24, 2.45) is 0 Å². The van der Waals surface area contributed by atoms with Gasteiger partial charge in [-0.15, -0.1) is 0 Å². The van der Waals surface area contributed by atoms with E-state index < -0.39 is 15.8 Å². The topological polar surface area (TPSA) is 96.0 Å². The molecule has 0 bridgehead atoms. The first-order chi connectivity index (χ1) is 9.81. The van der Waals surface area contributed by atoms with Crippen molar-refractivity contribution in [2.45, 2.75) is 11.8 Å². The van der Waals surface area contributed by atoms with Gasteiger partial charge >= 0.3 is 0 Å². The molecular formula is C14H12FN3O2S. The van der Waals surface area contributed by atoms with E-state index >= 15 is 0 Å². The second-order valence-electron chi connectivity index (χ2n) is 4.47. The van der Waals surface area contributed by atoms with E-state index in [0.29, 0.717) is 11.1 Å². The fourth-order valence-electron chi connectivity index (χ4n) is 1.74. The molecule has 108 valence electrons. The van der Waals surface area contributed by atoms with Gasteiger partial charge in [-0.1, -0.05) is 6.07 Å². The normalized spacial score (nSPS) is 10.9. The third-order valence-corrected chi connectivity index (χ3v) is 4.16. The summed E-state index contributed by atoms with van der Waals surface area (Å²) in [4.78, 5) is -0.276. The summed E-state index contributed by atoms with van der Waals surface area (Å²) in [5, 5.41) is 8.85. The van der Waals surface area contributed by atoms with Gasteiger partial charge in [-0.3, -0.25) is 4.72 Å². The van der Waals surface area contributed by atoms with Crippen LogP contribution in [0.25, 0.3) is 0 Å². The molecule has 0 amide bonds. The van der Waals surface area contributed by atoms with Crippen molar-refractivity contribution in [3.63, 3.8) is 0 Å². The Morgan fingerprint density at radius 2 is 1.95 bits per heavy atom. The lowest BCUT2D eigenvalue weighted by molar-refractivity contribution is 0.595. The molecule has 0 aliphatic carbocycles. The Balaban J connectivity index is 2.44. The molecule has 0 aliphatic heterocycles. The number of nitrogens with zero attached hydrogens (tertiary/aromatic N) is 1. The van der Waals surface area contributed by atoms with Gasteiger partial charge < -0.3 is 5.73 Å². The number of aryl methyl sites for hydroxylation is 1. The summed E-state index contributed by atoms with van der Waals surface area (Å²) in [6.07, 6.45) is 0. The monoisotopic (exact) mass is 305 g/mol. The molecule has 2 rings (SSSR count). The van der Waals surface area contributed by atoms with Gasteiger partial charge in [0, 0.05) is 5.69 Å². The molecule has 0 aliphatic rings. The maximum Gasteiger partial charge on any atom is 0.262 e. The highest BCUT2D eigenvalue weighted by molar-refractivity contribution is 7.92. The second kappa shape index (κ2) is 5.42. The lowest BCUT2D eigenvalue weighted by Crippen LogP contribution is -2.14. The van der Waals surface area contributed by atoms with Crippen LogP contribution in [0.2, 0.25) is 0 Å². The SMILES string of the molecule is Cc1ccc(C#N)cc1NS(=O)(=O)c1cc(N)cc(F)c1. The average molecular weight is 305 g/mol. The van der Waals surface area contributed by atoms with Crippen molar-refractivity contribution < 1.29 is 12.8 Å². The minimum Gasteiger partial charge on any atom is -0.399 e. The summed E-state index contributed by atoms with van der Waals surface area (Å²) < 4.78 is 40.1. The van der Waals surface area contributed by atoms with Crippen LogP contribution in [-0.2, 0) is 10.0 Å². The molecule has 0 heterocycles. The zero-order valence-electron chi connectivity index (χ0n) is 11.1. The number of anilines is 2. The highest BCUT2D eigenvalue weighted by Gasteiger charge is 2.17. The maximum absolute atomic E-state index is 13.3. The highest BCUT2D eigenvalue weighted by Crippen LogP contribution is 2.22. The molecule has 7 heteroatoms. The number of nitrogens with two attached hydrogens (primary N) is 1. The van der Waals surface area contributed by atoms with Gasteiger partial charge in [0.1, 0.15) is 5.82 Å². The van der Waals surface area contributed by atoms with Crippen molar-refractivity contribution in [2.75, 3.05) is 10.5 Å². The molecule has 0 fully saturated rings. The largest absolute Gasteiger partial charge is 0.399 e. The lowest BCUT2D eigenvalue weighted by Gasteiger charge is -2.11. The number of nitriles is 1. The molecule has 0 atom stereocenters. The predicted molar refractivity (Wildman–Crippen MR) is 77.5 cm³/mol. The van der Waals surface area contributed by atoms with E-state index in [-0.39, 0.29) is 16.3 Å². The molecule has 0 aromatic heterocycles. The Bertz CT molecular complexity index is 822. The molecule has 2 aromatic carbocycles. The minimum absolute atomic E-state index is 0.0119. The summed E-state index contributed by atoms with van der Waals surface area (Å²) in [5.74, 6) is -0.738. The number of nitrogens with one attached hydrogen (secondary N) is 1. The summed E-state index contributed by atoms with van der Waals surface area (Å²) in [5.41, 5.74) is 6.68. The van der Waals surface area contributed by atoms with E-state index in [1.807, 2.05) is 6.07 Å². The molecular weight excluding hydrogens is 293 g/mol. The van der Waals surface area contributed by atoms with Crippen molar-refractivity contribution >= 4 is 21.4 Å². The maximum atomic E-state index is 13.3. The Kier molecular flexibility index (Phi) is 3.82. The smallest absolute Gasteiger partial charge is 0.262 e. The minimum atomic E-state index is -3.99. The molecule has 0 unspecified atom stereocenters. The standard InChI is InChI=1S/C14H12FN3O2S/c1-9-2-3-10(8-16)4-14(9)18-21(19,20)13-6-11(15)5-12(17)7-13/h2-7,18H,17H2,1H3. The Morgan fingerprint density at radius 3 is 2.57 bits per heavy atom. The molecule has 5 nitrogen and oxygen atoms in total. The second-order valence-corrected chi connectivity index (χ2v) is 6.15. The van der Waals surface area contributed by atoms with Crippen LogP contribution in [0.1, 0.15) is 11.1 Å². The molecule has 0 saturated carbocycles. The summed E-state index contributed by atoms with van der Waals surface area (Å²) in [6.45, 7) is 1.69. The summed E-state index contributed by atoms with van der Waals surface area (Å²) in [7, 11) is -3.99. The molecule has 3 N–H and O–H groups in total. The molecule has 2 aromatic rings. The highest BCUT2D eigenvalue weighted by atomic mass is 32.2. The van der Waals surface area contributed by atoms with E-state index in [4.69, 9.17) is 11.0 Å². The number of rotatable bonds is 3. The third-order valence-electron chi connectivity index (χ3n) is 2.81. The average Bonchev–Trinajstić information content (AvgIpc) is 2.40. The van der Waals surface area contributed by atoms with Crippen LogP contribution >= 0.6 is 0 Å². The van der Waals surface area contributed by atoms with E-state index in [2.05, 4.69) is 4.72 Å². The van der Waals surface area contributed by atoms with E-state index in [1.165, 1.54) is 6.07 Å². The van der Waals surface area contributed by atoms with Crippen molar-refractivity contribution in [3.8, 4) is 6.07 Å². The van der Waals surface area contributed by atoms with Crippen molar-refractivity contribution in [1.29, 1.82) is 5.26 Å². The van der Waals surface area contributed by atoms with E-state index in [0.717, 1.165) is 18.2 Å². The van der Waals surface area contributed by atoms with Crippen LogP contribution in [-0.4, -0.2) is 8.42 Å². The van der Waals surface area contributed by atoms with Crippen LogP contribution in [0, 0.1) is 24.1 Å². The molecule has 0 radical (unpaired) electrons. The molecule has 0 spiro atoms. The number of benzene rings is 2. The fraction of sp³-hybridized carbons (Fsp3) is 0.0714. The number of nitrogen functional groups attached to an aromatic ring is 1. The first kappa shape index (κ1) is 14.8. The Labute approximate surface area is 121 Å². The summed E-state index contributed by atoms with van der Waals surface area (Å²) >= 11 is 0.